The predicted octanol–water partition coefficient (Wildman–Crippen LogP) is 5.57. The minimum absolute atomic E-state index is 0.0421. The molecule has 1 aliphatic rings. The summed E-state index contributed by atoms with van der Waals surface area (Å²) in [5.74, 6) is 0.735. The summed E-state index contributed by atoms with van der Waals surface area (Å²) in [5, 5.41) is 9.09. The average Bonchev–Trinajstić information content (AvgIpc) is 3.04. The van der Waals surface area contributed by atoms with E-state index in [2.05, 4.69) is 24.5 Å². The lowest BCUT2D eigenvalue weighted by Crippen LogP contribution is -2.32. The van der Waals surface area contributed by atoms with Gasteiger partial charge in [-0.15, -0.1) is 0 Å². The zero-order valence-electron chi connectivity index (χ0n) is 17.8. The van der Waals surface area contributed by atoms with Crippen LogP contribution in [0.25, 0.3) is 0 Å². The van der Waals surface area contributed by atoms with Gasteiger partial charge in [0.1, 0.15) is 5.75 Å². The number of nitriles is 1. The number of amides is 1. The van der Waals surface area contributed by atoms with E-state index in [0.717, 1.165) is 28.4 Å². The van der Waals surface area contributed by atoms with Crippen molar-refractivity contribution < 1.29 is 9.53 Å². The minimum Gasteiger partial charge on any atom is -0.494 e. The number of anilines is 1. The standard InChI is InChI=1S/C24H31N3O2/c1-4-29-22-13-11-20(12-14-22)26(16-8-15-25)24(28)23-17-18(2)27(19(23)3)21-9-6-5-7-10-21/h11-14,17,21H,4-10,16H2,1-3H3. The Labute approximate surface area is 173 Å². The largest absolute Gasteiger partial charge is 0.494 e. The highest BCUT2D eigenvalue weighted by Crippen LogP contribution is 2.33. The second-order valence-corrected chi connectivity index (χ2v) is 7.74. The van der Waals surface area contributed by atoms with E-state index in [1.54, 1.807) is 4.90 Å². The van der Waals surface area contributed by atoms with E-state index in [1.165, 1.54) is 32.1 Å². The molecule has 3 rings (SSSR count). The molecule has 0 unspecified atom stereocenters. The topological polar surface area (TPSA) is 58.3 Å². The first-order valence-electron chi connectivity index (χ1n) is 10.7. The molecule has 5 heteroatoms. The van der Waals surface area contributed by atoms with Gasteiger partial charge in [0.15, 0.2) is 0 Å². The monoisotopic (exact) mass is 393 g/mol. The first-order chi connectivity index (χ1) is 14.1. The van der Waals surface area contributed by atoms with Gasteiger partial charge in [0.25, 0.3) is 5.91 Å². The molecule has 29 heavy (non-hydrogen) atoms. The second kappa shape index (κ2) is 9.65. The van der Waals surface area contributed by atoms with Crippen molar-refractivity contribution in [3.05, 3.63) is 47.3 Å². The van der Waals surface area contributed by atoms with E-state index in [-0.39, 0.29) is 5.91 Å². The van der Waals surface area contributed by atoms with Crippen LogP contribution in [0.15, 0.2) is 30.3 Å². The summed E-state index contributed by atoms with van der Waals surface area (Å²) in [6.45, 7) is 7.06. The van der Waals surface area contributed by atoms with Gasteiger partial charge in [-0.2, -0.15) is 5.26 Å². The highest BCUT2D eigenvalue weighted by atomic mass is 16.5. The van der Waals surface area contributed by atoms with Crippen LogP contribution in [0.4, 0.5) is 5.69 Å². The van der Waals surface area contributed by atoms with Crippen molar-refractivity contribution in [3.63, 3.8) is 0 Å². The predicted molar refractivity (Wildman–Crippen MR) is 116 cm³/mol. The Morgan fingerprint density at radius 2 is 1.90 bits per heavy atom. The first kappa shape index (κ1) is 21.0. The summed E-state index contributed by atoms with van der Waals surface area (Å²) >= 11 is 0. The van der Waals surface area contributed by atoms with Crippen LogP contribution in [0, 0.1) is 25.2 Å². The molecule has 5 nitrogen and oxygen atoms in total. The highest BCUT2D eigenvalue weighted by Gasteiger charge is 2.26. The van der Waals surface area contributed by atoms with Gasteiger partial charge in [-0.25, -0.2) is 0 Å². The Bertz CT molecular complexity index is 871. The van der Waals surface area contributed by atoms with Crippen molar-refractivity contribution in [1.29, 1.82) is 5.26 Å². The van der Waals surface area contributed by atoms with E-state index >= 15 is 0 Å². The number of carbonyl (C=O) groups excluding carboxylic acids is 1. The normalized spacial score (nSPS) is 14.4. The smallest absolute Gasteiger partial charge is 0.260 e. The van der Waals surface area contributed by atoms with E-state index in [0.29, 0.717) is 25.6 Å². The SMILES string of the molecule is CCOc1ccc(N(CCC#N)C(=O)c2cc(C)n(C3CCCCC3)c2C)cc1. The zero-order chi connectivity index (χ0) is 20.8. The third kappa shape index (κ3) is 4.64. The molecule has 1 aliphatic carbocycles. The molecule has 1 amide bonds. The first-order valence-corrected chi connectivity index (χ1v) is 10.7. The van der Waals surface area contributed by atoms with E-state index in [1.807, 2.05) is 37.3 Å². The highest BCUT2D eigenvalue weighted by molar-refractivity contribution is 6.07. The third-order valence-corrected chi connectivity index (χ3v) is 5.81. The maximum Gasteiger partial charge on any atom is 0.260 e. The van der Waals surface area contributed by atoms with Crippen LogP contribution in [-0.4, -0.2) is 23.6 Å². The molecular formula is C24H31N3O2. The summed E-state index contributed by atoms with van der Waals surface area (Å²) in [7, 11) is 0. The fourth-order valence-corrected chi connectivity index (χ4v) is 4.44. The van der Waals surface area contributed by atoms with Crippen LogP contribution in [0.2, 0.25) is 0 Å². The summed E-state index contributed by atoms with van der Waals surface area (Å²) in [6, 6.07) is 12.2. The molecular weight excluding hydrogens is 362 g/mol. The van der Waals surface area contributed by atoms with Crippen LogP contribution in [-0.2, 0) is 0 Å². The number of aromatic nitrogens is 1. The molecule has 0 radical (unpaired) electrons. The van der Waals surface area contributed by atoms with Gasteiger partial charge in [0.2, 0.25) is 0 Å². The number of rotatable bonds is 7. The van der Waals surface area contributed by atoms with Crippen LogP contribution in [0.1, 0.15) is 73.2 Å². The lowest BCUT2D eigenvalue weighted by Gasteiger charge is -2.27. The Balaban J connectivity index is 1.90. The molecule has 0 aliphatic heterocycles. The molecule has 0 bridgehead atoms. The van der Waals surface area contributed by atoms with Crippen molar-refractivity contribution in [2.24, 2.45) is 0 Å². The van der Waals surface area contributed by atoms with Gasteiger partial charge >= 0.3 is 0 Å². The van der Waals surface area contributed by atoms with Gasteiger partial charge < -0.3 is 14.2 Å². The fourth-order valence-electron chi connectivity index (χ4n) is 4.44. The Morgan fingerprint density at radius 1 is 1.21 bits per heavy atom. The molecule has 0 spiro atoms. The molecule has 2 aromatic rings. The maximum atomic E-state index is 13.5. The van der Waals surface area contributed by atoms with Crippen molar-refractivity contribution in [3.8, 4) is 11.8 Å². The van der Waals surface area contributed by atoms with Gasteiger partial charge in [-0.3, -0.25) is 4.79 Å². The number of benzene rings is 1. The Hall–Kier alpha value is -2.74. The van der Waals surface area contributed by atoms with Crippen molar-refractivity contribution in [2.75, 3.05) is 18.1 Å². The number of nitrogens with zero attached hydrogens (tertiary/aromatic N) is 3. The van der Waals surface area contributed by atoms with E-state index < -0.39 is 0 Å². The molecule has 0 atom stereocenters. The summed E-state index contributed by atoms with van der Waals surface area (Å²) < 4.78 is 7.87. The number of aryl methyl sites for hydroxylation is 1. The van der Waals surface area contributed by atoms with E-state index in [4.69, 9.17) is 10.00 Å². The Morgan fingerprint density at radius 3 is 2.52 bits per heavy atom. The molecule has 0 saturated heterocycles. The minimum atomic E-state index is -0.0421. The van der Waals surface area contributed by atoms with Crippen molar-refractivity contribution >= 4 is 11.6 Å². The lowest BCUT2D eigenvalue weighted by atomic mass is 9.95. The molecule has 1 aromatic carbocycles. The summed E-state index contributed by atoms with van der Waals surface area (Å²) in [5.41, 5.74) is 3.70. The van der Waals surface area contributed by atoms with Crippen LogP contribution in [0.5, 0.6) is 5.75 Å². The van der Waals surface area contributed by atoms with Crippen LogP contribution < -0.4 is 9.64 Å². The molecule has 1 aromatic heterocycles. The number of carbonyl (C=O) groups is 1. The van der Waals surface area contributed by atoms with Crippen molar-refractivity contribution in [2.45, 2.75) is 65.3 Å². The van der Waals surface area contributed by atoms with Gasteiger partial charge in [-0.05, 0) is 63.9 Å². The summed E-state index contributed by atoms with van der Waals surface area (Å²) in [6.07, 6.45) is 6.47. The number of hydrogen-bond donors (Lipinski definition) is 0. The fraction of sp³-hybridized carbons (Fsp3) is 0.500. The Kier molecular flexibility index (Phi) is 6.98. The van der Waals surface area contributed by atoms with Gasteiger partial charge in [-0.1, -0.05) is 19.3 Å². The van der Waals surface area contributed by atoms with Crippen LogP contribution >= 0.6 is 0 Å². The number of ether oxygens (including phenoxy) is 1. The molecule has 154 valence electrons. The van der Waals surface area contributed by atoms with Crippen molar-refractivity contribution in [1.82, 2.24) is 4.57 Å². The molecule has 0 N–H and O–H groups in total. The van der Waals surface area contributed by atoms with Gasteiger partial charge in [0, 0.05) is 29.7 Å². The molecule has 1 saturated carbocycles. The van der Waals surface area contributed by atoms with Gasteiger partial charge in [0.05, 0.1) is 24.7 Å². The van der Waals surface area contributed by atoms with Crippen LogP contribution in [0.3, 0.4) is 0 Å². The zero-order valence-corrected chi connectivity index (χ0v) is 17.8. The lowest BCUT2D eigenvalue weighted by molar-refractivity contribution is 0.0986. The number of hydrogen-bond acceptors (Lipinski definition) is 3. The second-order valence-electron chi connectivity index (χ2n) is 7.74. The summed E-state index contributed by atoms with van der Waals surface area (Å²) in [4.78, 5) is 15.2. The third-order valence-electron chi connectivity index (χ3n) is 5.81. The molecule has 1 fully saturated rings. The average molecular weight is 394 g/mol. The quantitative estimate of drug-likeness (QED) is 0.618. The maximum absolute atomic E-state index is 13.5. The van der Waals surface area contributed by atoms with E-state index in [9.17, 15) is 4.79 Å². The molecule has 1 heterocycles.